The van der Waals surface area contributed by atoms with Crippen molar-refractivity contribution >= 4 is 5.91 Å². The number of rotatable bonds is 7. The Hall–Kier alpha value is -1.12. The molecule has 2 N–H and O–H groups in total. The molecule has 1 amide bonds. The van der Waals surface area contributed by atoms with Crippen molar-refractivity contribution in [3.63, 3.8) is 0 Å². The van der Waals surface area contributed by atoms with Crippen LogP contribution in [-0.4, -0.2) is 38.8 Å². The Morgan fingerprint density at radius 2 is 2.20 bits per heavy atom. The zero-order valence-electron chi connectivity index (χ0n) is 9.54. The van der Waals surface area contributed by atoms with Gasteiger partial charge in [-0.05, 0) is 13.8 Å². The molecule has 0 fully saturated rings. The van der Waals surface area contributed by atoms with Crippen LogP contribution in [-0.2, 0) is 9.53 Å². The molecular weight excluding hydrogens is 194 g/mol. The number of nitrogens with one attached hydrogen (secondary N) is 2. The average Bonchev–Trinajstić information content (AvgIpc) is 2.25. The first-order valence-electron chi connectivity index (χ1n) is 5.01. The summed E-state index contributed by atoms with van der Waals surface area (Å²) in [5, 5.41) is 14.3. The van der Waals surface area contributed by atoms with E-state index in [1.165, 1.54) is 0 Å². The van der Waals surface area contributed by atoms with E-state index in [-0.39, 0.29) is 17.9 Å². The van der Waals surface area contributed by atoms with Gasteiger partial charge in [0.2, 0.25) is 5.91 Å². The Morgan fingerprint density at radius 3 is 2.73 bits per heavy atom. The van der Waals surface area contributed by atoms with Crippen LogP contribution in [0, 0.1) is 17.2 Å². The molecule has 0 aromatic rings. The van der Waals surface area contributed by atoms with Gasteiger partial charge in [0.15, 0.2) is 0 Å². The molecule has 0 aliphatic carbocycles. The average molecular weight is 213 g/mol. The van der Waals surface area contributed by atoms with Crippen LogP contribution in [0.1, 0.15) is 13.8 Å². The zero-order valence-corrected chi connectivity index (χ0v) is 9.54. The lowest BCUT2D eigenvalue weighted by Crippen LogP contribution is -2.44. The van der Waals surface area contributed by atoms with Crippen LogP contribution in [0.4, 0.5) is 0 Å². The van der Waals surface area contributed by atoms with Crippen molar-refractivity contribution < 1.29 is 9.53 Å². The molecule has 0 aromatic carbocycles. The molecule has 0 heterocycles. The van der Waals surface area contributed by atoms with Crippen molar-refractivity contribution in [1.29, 1.82) is 5.26 Å². The van der Waals surface area contributed by atoms with Gasteiger partial charge in [0.25, 0.3) is 0 Å². The number of amides is 1. The number of ether oxygens (including phenoxy) is 1. The first kappa shape index (κ1) is 13.9. The van der Waals surface area contributed by atoms with Gasteiger partial charge < -0.3 is 15.4 Å². The summed E-state index contributed by atoms with van der Waals surface area (Å²) in [6.07, 6.45) is 0. The van der Waals surface area contributed by atoms with E-state index in [4.69, 9.17) is 10.00 Å². The number of methoxy groups -OCH3 is 1. The van der Waals surface area contributed by atoms with Crippen LogP contribution >= 0.6 is 0 Å². The molecule has 5 heteroatoms. The van der Waals surface area contributed by atoms with Crippen LogP contribution in [0.5, 0.6) is 0 Å². The second-order valence-corrected chi connectivity index (χ2v) is 3.44. The molecule has 15 heavy (non-hydrogen) atoms. The van der Waals surface area contributed by atoms with E-state index < -0.39 is 0 Å². The standard InChI is InChI=1S/C10H19N3O2/c1-8(6-11)7-13-9(2)10(14)12-4-5-15-3/h8-9,13H,4-5,7H2,1-3H3,(H,12,14). The van der Waals surface area contributed by atoms with E-state index in [2.05, 4.69) is 16.7 Å². The Morgan fingerprint density at radius 1 is 1.53 bits per heavy atom. The lowest BCUT2D eigenvalue weighted by Gasteiger charge is -2.14. The van der Waals surface area contributed by atoms with Crippen molar-refractivity contribution in [3.8, 4) is 6.07 Å². The molecule has 0 spiro atoms. The summed E-state index contributed by atoms with van der Waals surface area (Å²) >= 11 is 0. The highest BCUT2D eigenvalue weighted by molar-refractivity contribution is 5.81. The topological polar surface area (TPSA) is 74.2 Å². The maximum Gasteiger partial charge on any atom is 0.236 e. The molecule has 0 saturated heterocycles. The van der Waals surface area contributed by atoms with Crippen molar-refractivity contribution in [2.75, 3.05) is 26.8 Å². The van der Waals surface area contributed by atoms with E-state index >= 15 is 0 Å². The predicted molar refractivity (Wildman–Crippen MR) is 57.1 cm³/mol. The van der Waals surface area contributed by atoms with Gasteiger partial charge in [0, 0.05) is 20.2 Å². The van der Waals surface area contributed by atoms with Crippen LogP contribution in [0.2, 0.25) is 0 Å². The van der Waals surface area contributed by atoms with Crippen molar-refractivity contribution in [2.24, 2.45) is 5.92 Å². The number of hydrogen-bond acceptors (Lipinski definition) is 4. The van der Waals surface area contributed by atoms with Crippen molar-refractivity contribution in [1.82, 2.24) is 10.6 Å². The minimum atomic E-state index is -0.280. The summed E-state index contributed by atoms with van der Waals surface area (Å²) in [4.78, 5) is 11.4. The molecule has 5 nitrogen and oxygen atoms in total. The summed E-state index contributed by atoms with van der Waals surface area (Å²) in [5.41, 5.74) is 0. The van der Waals surface area contributed by atoms with E-state index in [9.17, 15) is 4.79 Å². The third kappa shape index (κ3) is 6.89. The predicted octanol–water partition coefficient (Wildman–Crippen LogP) is -0.113. The van der Waals surface area contributed by atoms with Gasteiger partial charge in [-0.1, -0.05) is 0 Å². The highest BCUT2D eigenvalue weighted by Crippen LogP contribution is 1.90. The molecule has 0 rings (SSSR count). The highest BCUT2D eigenvalue weighted by Gasteiger charge is 2.12. The molecule has 86 valence electrons. The minimum Gasteiger partial charge on any atom is -0.383 e. The smallest absolute Gasteiger partial charge is 0.236 e. The maximum atomic E-state index is 11.4. The molecule has 0 saturated carbocycles. The van der Waals surface area contributed by atoms with E-state index in [0.29, 0.717) is 19.7 Å². The second kappa shape index (κ2) is 8.21. The Kier molecular flexibility index (Phi) is 7.60. The monoisotopic (exact) mass is 213 g/mol. The molecule has 0 aliphatic heterocycles. The van der Waals surface area contributed by atoms with Gasteiger partial charge in [-0.2, -0.15) is 5.26 Å². The molecule has 0 radical (unpaired) electrons. The summed E-state index contributed by atoms with van der Waals surface area (Å²) in [7, 11) is 1.59. The largest absolute Gasteiger partial charge is 0.383 e. The summed E-state index contributed by atoms with van der Waals surface area (Å²) < 4.78 is 4.81. The van der Waals surface area contributed by atoms with Gasteiger partial charge in [0.1, 0.15) is 0 Å². The van der Waals surface area contributed by atoms with Gasteiger partial charge in [-0.3, -0.25) is 4.79 Å². The first-order valence-corrected chi connectivity index (χ1v) is 5.01. The Bertz CT molecular complexity index is 225. The summed E-state index contributed by atoms with van der Waals surface area (Å²) in [5.74, 6) is -0.156. The summed E-state index contributed by atoms with van der Waals surface area (Å²) in [6, 6.07) is 1.82. The minimum absolute atomic E-state index is 0.0720. The lowest BCUT2D eigenvalue weighted by atomic mass is 10.2. The van der Waals surface area contributed by atoms with Crippen molar-refractivity contribution in [2.45, 2.75) is 19.9 Å². The van der Waals surface area contributed by atoms with E-state index in [1.807, 2.05) is 6.92 Å². The normalized spacial score (nSPS) is 14.0. The van der Waals surface area contributed by atoms with Crippen LogP contribution in [0.3, 0.4) is 0 Å². The number of carbonyl (C=O) groups excluding carboxylic acids is 1. The van der Waals surface area contributed by atoms with E-state index in [0.717, 1.165) is 0 Å². The highest BCUT2D eigenvalue weighted by atomic mass is 16.5. The van der Waals surface area contributed by atoms with Gasteiger partial charge >= 0.3 is 0 Å². The number of carbonyl (C=O) groups is 1. The molecule has 0 aliphatic rings. The number of nitrogens with zero attached hydrogens (tertiary/aromatic N) is 1. The zero-order chi connectivity index (χ0) is 11.7. The lowest BCUT2D eigenvalue weighted by molar-refractivity contribution is -0.122. The summed E-state index contributed by atoms with van der Waals surface area (Å²) in [6.45, 7) is 5.12. The molecule has 2 unspecified atom stereocenters. The van der Waals surface area contributed by atoms with Crippen LogP contribution < -0.4 is 10.6 Å². The number of nitriles is 1. The molecule has 0 bridgehead atoms. The maximum absolute atomic E-state index is 11.4. The Labute approximate surface area is 90.8 Å². The quantitative estimate of drug-likeness (QED) is 0.578. The molecule has 2 atom stereocenters. The third-order valence-electron chi connectivity index (χ3n) is 1.95. The molecule has 0 aromatic heterocycles. The fourth-order valence-corrected chi connectivity index (χ4v) is 0.921. The van der Waals surface area contributed by atoms with Gasteiger partial charge in [-0.25, -0.2) is 0 Å². The third-order valence-corrected chi connectivity index (χ3v) is 1.95. The SMILES string of the molecule is COCCNC(=O)C(C)NCC(C)C#N. The van der Waals surface area contributed by atoms with E-state index in [1.54, 1.807) is 14.0 Å². The second-order valence-electron chi connectivity index (χ2n) is 3.44. The fourth-order valence-electron chi connectivity index (χ4n) is 0.921. The van der Waals surface area contributed by atoms with Crippen LogP contribution in [0.25, 0.3) is 0 Å². The van der Waals surface area contributed by atoms with Gasteiger partial charge in [0.05, 0.1) is 24.6 Å². The first-order chi connectivity index (χ1) is 7.11. The Balaban J connectivity index is 3.65. The molecular formula is C10H19N3O2. The van der Waals surface area contributed by atoms with Crippen LogP contribution in [0.15, 0.2) is 0 Å². The van der Waals surface area contributed by atoms with Crippen molar-refractivity contribution in [3.05, 3.63) is 0 Å². The fraction of sp³-hybridized carbons (Fsp3) is 0.800. The van der Waals surface area contributed by atoms with Gasteiger partial charge in [-0.15, -0.1) is 0 Å². The number of hydrogen-bond donors (Lipinski definition) is 2.